The summed E-state index contributed by atoms with van der Waals surface area (Å²) in [5, 5.41) is 0.0253. The van der Waals surface area contributed by atoms with Gasteiger partial charge in [-0.1, -0.05) is 42.1 Å². The van der Waals surface area contributed by atoms with E-state index in [0.717, 1.165) is 5.56 Å². The van der Waals surface area contributed by atoms with Crippen LogP contribution in [0.2, 0.25) is 0 Å². The first-order valence-corrected chi connectivity index (χ1v) is 6.96. The lowest BCUT2D eigenvalue weighted by Crippen LogP contribution is -2.22. The molecule has 0 bridgehead atoms. The largest absolute Gasteiger partial charge is 0.466 e. The van der Waals surface area contributed by atoms with Crippen molar-refractivity contribution in [2.24, 2.45) is 5.92 Å². The fourth-order valence-corrected chi connectivity index (χ4v) is 2.28. The molecule has 0 aliphatic rings. The molecule has 1 aromatic carbocycles. The van der Waals surface area contributed by atoms with Crippen LogP contribution in [0.3, 0.4) is 0 Å². The number of hydrogen-bond acceptors (Lipinski definition) is 4. The van der Waals surface area contributed by atoms with Crippen LogP contribution < -0.4 is 0 Å². The third-order valence-corrected chi connectivity index (χ3v) is 3.41. The molecule has 1 rings (SSSR count). The third kappa shape index (κ3) is 5.36. The lowest BCUT2D eigenvalue weighted by atomic mass is 10.0. The highest BCUT2D eigenvalue weighted by Crippen LogP contribution is 2.17. The summed E-state index contributed by atoms with van der Waals surface area (Å²) >= 11 is 1.17. The molecule has 0 heterocycles. The monoisotopic (exact) mass is 266 g/mol. The molecule has 0 saturated carbocycles. The van der Waals surface area contributed by atoms with E-state index in [4.69, 9.17) is 4.74 Å². The molecule has 1 aromatic rings. The van der Waals surface area contributed by atoms with Crippen molar-refractivity contribution < 1.29 is 14.3 Å². The van der Waals surface area contributed by atoms with Gasteiger partial charge in [-0.15, -0.1) is 0 Å². The summed E-state index contributed by atoms with van der Waals surface area (Å²) in [5.41, 5.74) is 1.08. The van der Waals surface area contributed by atoms with Crippen LogP contribution in [-0.4, -0.2) is 23.4 Å². The SMILES string of the molecule is CCOC(=O)C(CSC(C)=O)Cc1ccccc1. The van der Waals surface area contributed by atoms with Crippen LogP contribution >= 0.6 is 11.8 Å². The number of carbonyl (C=O) groups is 2. The van der Waals surface area contributed by atoms with Gasteiger partial charge >= 0.3 is 5.97 Å². The van der Waals surface area contributed by atoms with Gasteiger partial charge in [-0.3, -0.25) is 9.59 Å². The van der Waals surface area contributed by atoms with Gasteiger partial charge in [0.25, 0.3) is 0 Å². The van der Waals surface area contributed by atoms with E-state index in [1.807, 2.05) is 30.3 Å². The zero-order valence-electron chi connectivity index (χ0n) is 10.7. The van der Waals surface area contributed by atoms with Gasteiger partial charge in [0.05, 0.1) is 12.5 Å². The van der Waals surface area contributed by atoms with Crippen LogP contribution in [0.4, 0.5) is 0 Å². The van der Waals surface area contributed by atoms with Gasteiger partial charge in [-0.2, -0.15) is 0 Å². The number of carbonyl (C=O) groups excluding carboxylic acids is 2. The van der Waals surface area contributed by atoms with Gasteiger partial charge in [0.1, 0.15) is 0 Å². The van der Waals surface area contributed by atoms with E-state index >= 15 is 0 Å². The summed E-state index contributed by atoms with van der Waals surface area (Å²) in [5.74, 6) is -0.0142. The van der Waals surface area contributed by atoms with Crippen LogP contribution in [0, 0.1) is 5.92 Å². The van der Waals surface area contributed by atoms with Crippen molar-refractivity contribution in [3.63, 3.8) is 0 Å². The second-order valence-electron chi connectivity index (χ2n) is 3.94. The predicted octanol–water partition coefficient (Wildman–Crippen LogP) is 2.69. The van der Waals surface area contributed by atoms with Crippen molar-refractivity contribution in [3.05, 3.63) is 35.9 Å². The molecule has 98 valence electrons. The van der Waals surface area contributed by atoms with E-state index in [1.54, 1.807) is 6.92 Å². The van der Waals surface area contributed by atoms with Crippen LogP contribution in [0.1, 0.15) is 19.4 Å². The van der Waals surface area contributed by atoms with Crippen molar-refractivity contribution in [2.45, 2.75) is 20.3 Å². The summed E-state index contributed by atoms with van der Waals surface area (Å²) in [6.07, 6.45) is 0.611. The second kappa shape index (κ2) is 7.93. The Labute approximate surface area is 112 Å². The zero-order chi connectivity index (χ0) is 13.4. The fourth-order valence-electron chi connectivity index (χ4n) is 1.59. The molecule has 0 fully saturated rings. The third-order valence-electron chi connectivity index (χ3n) is 2.43. The van der Waals surface area contributed by atoms with Crippen molar-refractivity contribution in [1.82, 2.24) is 0 Å². The highest BCUT2D eigenvalue weighted by molar-refractivity contribution is 8.13. The maximum Gasteiger partial charge on any atom is 0.310 e. The Hall–Kier alpha value is -1.29. The van der Waals surface area contributed by atoms with Crippen LogP contribution in [0.15, 0.2) is 30.3 Å². The molecule has 0 amide bonds. The molecular weight excluding hydrogens is 248 g/mol. The van der Waals surface area contributed by atoms with Gasteiger partial charge in [0.15, 0.2) is 5.12 Å². The van der Waals surface area contributed by atoms with Crippen molar-refractivity contribution >= 4 is 22.8 Å². The molecule has 0 aliphatic heterocycles. The van der Waals surface area contributed by atoms with Gasteiger partial charge in [0, 0.05) is 12.7 Å². The minimum atomic E-state index is -0.263. The van der Waals surface area contributed by atoms with Gasteiger partial charge in [-0.25, -0.2) is 0 Å². The Balaban J connectivity index is 2.64. The van der Waals surface area contributed by atoms with Gasteiger partial charge in [0.2, 0.25) is 0 Å². The van der Waals surface area contributed by atoms with Crippen LogP contribution in [-0.2, 0) is 20.7 Å². The van der Waals surface area contributed by atoms with Gasteiger partial charge < -0.3 is 4.74 Å². The first kappa shape index (κ1) is 14.8. The smallest absolute Gasteiger partial charge is 0.310 e. The first-order valence-electron chi connectivity index (χ1n) is 5.97. The normalized spacial score (nSPS) is 11.9. The Morgan fingerprint density at radius 1 is 1.28 bits per heavy atom. The van der Waals surface area contributed by atoms with E-state index in [1.165, 1.54) is 18.7 Å². The highest BCUT2D eigenvalue weighted by atomic mass is 32.2. The number of ether oxygens (including phenoxy) is 1. The number of rotatable bonds is 6. The lowest BCUT2D eigenvalue weighted by molar-refractivity contribution is -0.147. The second-order valence-corrected chi connectivity index (χ2v) is 5.14. The Morgan fingerprint density at radius 3 is 2.50 bits per heavy atom. The summed E-state index contributed by atoms with van der Waals surface area (Å²) in [4.78, 5) is 22.8. The fraction of sp³-hybridized carbons (Fsp3) is 0.429. The summed E-state index contributed by atoms with van der Waals surface area (Å²) in [6.45, 7) is 3.67. The molecule has 18 heavy (non-hydrogen) atoms. The number of thioether (sulfide) groups is 1. The molecule has 4 heteroatoms. The number of hydrogen-bond donors (Lipinski definition) is 0. The lowest BCUT2D eigenvalue weighted by Gasteiger charge is -2.14. The minimum Gasteiger partial charge on any atom is -0.466 e. The summed E-state index contributed by atoms with van der Waals surface area (Å²) in [6, 6.07) is 9.77. The maximum atomic E-state index is 11.8. The topological polar surface area (TPSA) is 43.4 Å². The summed E-state index contributed by atoms with van der Waals surface area (Å²) < 4.78 is 5.04. The van der Waals surface area contributed by atoms with Gasteiger partial charge in [-0.05, 0) is 18.9 Å². The molecular formula is C14H18O3S. The maximum absolute atomic E-state index is 11.8. The van der Waals surface area contributed by atoms with E-state index < -0.39 is 0 Å². The van der Waals surface area contributed by atoms with Crippen LogP contribution in [0.5, 0.6) is 0 Å². The molecule has 0 aliphatic carbocycles. The van der Waals surface area contributed by atoms with Crippen molar-refractivity contribution in [3.8, 4) is 0 Å². The highest BCUT2D eigenvalue weighted by Gasteiger charge is 2.21. The predicted molar refractivity (Wildman–Crippen MR) is 73.4 cm³/mol. The Kier molecular flexibility index (Phi) is 6.50. The minimum absolute atomic E-state index is 0.0253. The molecule has 0 saturated heterocycles. The van der Waals surface area contributed by atoms with Crippen molar-refractivity contribution in [1.29, 1.82) is 0 Å². The number of benzene rings is 1. The van der Waals surface area contributed by atoms with E-state index in [2.05, 4.69) is 0 Å². The molecule has 0 N–H and O–H groups in total. The Bertz CT molecular complexity index is 389. The molecule has 1 atom stereocenters. The number of esters is 1. The van der Waals surface area contributed by atoms with Crippen LogP contribution in [0.25, 0.3) is 0 Å². The van der Waals surface area contributed by atoms with E-state index in [0.29, 0.717) is 18.8 Å². The average molecular weight is 266 g/mol. The zero-order valence-corrected chi connectivity index (χ0v) is 11.5. The molecule has 0 radical (unpaired) electrons. The molecule has 3 nitrogen and oxygen atoms in total. The molecule has 0 aromatic heterocycles. The molecule has 1 unspecified atom stereocenters. The Morgan fingerprint density at radius 2 is 1.94 bits per heavy atom. The first-order chi connectivity index (χ1) is 8.63. The average Bonchev–Trinajstić information content (AvgIpc) is 2.35. The van der Waals surface area contributed by atoms with Crippen molar-refractivity contribution in [2.75, 3.05) is 12.4 Å². The van der Waals surface area contributed by atoms with E-state index in [-0.39, 0.29) is 17.0 Å². The molecule has 0 spiro atoms. The van der Waals surface area contributed by atoms with E-state index in [9.17, 15) is 9.59 Å². The summed E-state index contributed by atoms with van der Waals surface area (Å²) in [7, 11) is 0. The quantitative estimate of drug-likeness (QED) is 0.743. The standard InChI is InChI=1S/C14H18O3S/c1-3-17-14(16)13(10-18-11(2)15)9-12-7-5-4-6-8-12/h4-8,13H,3,9-10H2,1-2H3.